The monoisotopic (exact) mass is 323 g/mol. The van der Waals surface area contributed by atoms with Gasteiger partial charge in [0.15, 0.2) is 0 Å². The van der Waals surface area contributed by atoms with Crippen LogP contribution in [0.15, 0.2) is 66.9 Å². The molecule has 0 unspecified atom stereocenters. The maximum atomic E-state index is 12.2. The number of hydrogen-bond donors (Lipinski definition) is 0. The van der Waals surface area contributed by atoms with Gasteiger partial charge in [0, 0.05) is 18.3 Å². The molecule has 3 rings (SSSR count). The SMILES string of the molecule is COc1ccccc1-c1ccn(OC(=O)N(C)c2ccccc2)n1. The minimum atomic E-state index is -0.532. The molecule has 1 heterocycles. The van der Waals surface area contributed by atoms with E-state index < -0.39 is 6.09 Å². The number of para-hydroxylation sites is 2. The zero-order chi connectivity index (χ0) is 16.9. The van der Waals surface area contributed by atoms with Gasteiger partial charge < -0.3 is 4.74 Å². The second-order valence-electron chi connectivity index (χ2n) is 5.06. The Labute approximate surface area is 139 Å². The molecule has 0 fully saturated rings. The molecule has 1 aromatic heterocycles. The molecule has 6 heteroatoms. The van der Waals surface area contributed by atoms with E-state index in [1.807, 2.05) is 54.6 Å². The van der Waals surface area contributed by atoms with Crippen LogP contribution in [0, 0.1) is 0 Å². The summed E-state index contributed by atoms with van der Waals surface area (Å²) in [5.41, 5.74) is 2.22. The largest absolute Gasteiger partial charge is 0.496 e. The molecule has 0 bridgehead atoms. The Morgan fingerprint density at radius 1 is 1.04 bits per heavy atom. The van der Waals surface area contributed by atoms with E-state index in [9.17, 15) is 4.79 Å². The van der Waals surface area contributed by atoms with Crippen molar-refractivity contribution in [3.63, 3.8) is 0 Å². The predicted octanol–water partition coefficient (Wildman–Crippen LogP) is 3.24. The highest BCUT2D eigenvalue weighted by Crippen LogP contribution is 2.27. The van der Waals surface area contributed by atoms with Gasteiger partial charge in [-0.1, -0.05) is 35.2 Å². The molecule has 122 valence electrons. The van der Waals surface area contributed by atoms with Crippen molar-refractivity contribution in [2.45, 2.75) is 0 Å². The third-order valence-electron chi connectivity index (χ3n) is 3.54. The van der Waals surface area contributed by atoms with Crippen LogP contribution in [0.5, 0.6) is 5.75 Å². The molecule has 1 amide bonds. The smallest absolute Gasteiger partial charge is 0.440 e. The van der Waals surface area contributed by atoms with Crippen molar-refractivity contribution in [1.82, 2.24) is 9.94 Å². The summed E-state index contributed by atoms with van der Waals surface area (Å²) in [6.45, 7) is 0. The molecule has 0 atom stereocenters. The molecule has 0 saturated heterocycles. The van der Waals surface area contributed by atoms with Gasteiger partial charge in [-0.05, 0) is 30.3 Å². The highest BCUT2D eigenvalue weighted by Gasteiger charge is 2.15. The minimum absolute atomic E-state index is 0.532. The zero-order valence-corrected chi connectivity index (χ0v) is 13.4. The standard InChI is InChI=1S/C18H17N3O3/c1-20(14-8-4-3-5-9-14)18(22)24-21-13-12-16(19-21)15-10-6-7-11-17(15)23-2/h3-13H,1-2H3. The second-order valence-corrected chi connectivity index (χ2v) is 5.06. The number of carbonyl (C=O) groups is 1. The van der Waals surface area contributed by atoms with Crippen LogP contribution in [0.1, 0.15) is 0 Å². The molecule has 0 aliphatic rings. The molecule has 0 aliphatic carbocycles. The Bertz CT molecular complexity index is 830. The van der Waals surface area contributed by atoms with Crippen LogP contribution in [0.3, 0.4) is 0 Å². The van der Waals surface area contributed by atoms with E-state index in [0.29, 0.717) is 11.4 Å². The number of carbonyl (C=O) groups excluding carboxylic acids is 1. The lowest BCUT2D eigenvalue weighted by atomic mass is 10.1. The van der Waals surface area contributed by atoms with Crippen molar-refractivity contribution in [3.05, 3.63) is 66.9 Å². The van der Waals surface area contributed by atoms with E-state index in [-0.39, 0.29) is 0 Å². The van der Waals surface area contributed by atoms with E-state index in [1.165, 1.54) is 4.90 Å². The van der Waals surface area contributed by atoms with E-state index in [0.717, 1.165) is 16.1 Å². The molecule has 0 spiro atoms. The average Bonchev–Trinajstić information content (AvgIpc) is 3.10. The fraction of sp³-hybridized carbons (Fsp3) is 0.111. The molecule has 6 nitrogen and oxygen atoms in total. The van der Waals surface area contributed by atoms with Crippen LogP contribution in [0.4, 0.5) is 10.5 Å². The summed E-state index contributed by atoms with van der Waals surface area (Å²) < 4.78 is 5.32. The summed E-state index contributed by atoms with van der Waals surface area (Å²) in [7, 11) is 3.24. The number of methoxy groups -OCH3 is 1. The van der Waals surface area contributed by atoms with Gasteiger partial charge in [-0.3, -0.25) is 9.74 Å². The number of nitrogens with zero attached hydrogens (tertiary/aromatic N) is 3. The first-order valence-corrected chi connectivity index (χ1v) is 7.39. The van der Waals surface area contributed by atoms with Gasteiger partial charge >= 0.3 is 6.09 Å². The first-order chi connectivity index (χ1) is 11.7. The van der Waals surface area contributed by atoms with Gasteiger partial charge in [0.2, 0.25) is 0 Å². The Morgan fingerprint density at radius 3 is 2.50 bits per heavy atom. The lowest BCUT2D eigenvalue weighted by Crippen LogP contribution is -2.34. The summed E-state index contributed by atoms with van der Waals surface area (Å²) in [6, 6.07) is 18.5. The highest BCUT2D eigenvalue weighted by atomic mass is 16.7. The molecule has 0 saturated carbocycles. The van der Waals surface area contributed by atoms with E-state index >= 15 is 0 Å². The van der Waals surface area contributed by atoms with Crippen molar-refractivity contribution in [3.8, 4) is 17.0 Å². The van der Waals surface area contributed by atoms with Crippen LogP contribution in [-0.2, 0) is 0 Å². The van der Waals surface area contributed by atoms with Gasteiger partial charge in [-0.15, -0.1) is 5.10 Å². The van der Waals surface area contributed by atoms with Crippen molar-refractivity contribution in [1.29, 1.82) is 0 Å². The Hall–Kier alpha value is -3.28. The van der Waals surface area contributed by atoms with Crippen LogP contribution >= 0.6 is 0 Å². The predicted molar refractivity (Wildman–Crippen MR) is 91.0 cm³/mol. The number of ether oxygens (including phenoxy) is 1. The van der Waals surface area contributed by atoms with E-state index in [1.54, 1.807) is 26.4 Å². The highest BCUT2D eigenvalue weighted by molar-refractivity contribution is 5.87. The molecule has 0 aliphatic heterocycles. The number of benzene rings is 2. The van der Waals surface area contributed by atoms with E-state index in [2.05, 4.69) is 5.10 Å². The number of hydrogen-bond acceptors (Lipinski definition) is 4. The number of amides is 1. The van der Waals surface area contributed by atoms with Crippen LogP contribution in [-0.4, -0.2) is 30.2 Å². The maximum absolute atomic E-state index is 12.2. The van der Waals surface area contributed by atoms with Gasteiger partial charge in [0.25, 0.3) is 0 Å². The number of rotatable bonds is 4. The molecule has 0 radical (unpaired) electrons. The molecule has 2 aromatic carbocycles. The minimum Gasteiger partial charge on any atom is -0.496 e. The van der Waals surface area contributed by atoms with Gasteiger partial charge in [0.1, 0.15) is 5.75 Å². The van der Waals surface area contributed by atoms with Crippen LogP contribution in [0.2, 0.25) is 0 Å². The molecular formula is C18H17N3O3. The molecule has 3 aromatic rings. The Kier molecular flexibility index (Phi) is 4.47. The van der Waals surface area contributed by atoms with Gasteiger partial charge in [-0.2, -0.15) is 0 Å². The maximum Gasteiger partial charge on any atom is 0.440 e. The Morgan fingerprint density at radius 2 is 1.75 bits per heavy atom. The third kappa shape index (κ3) is 3.22. The second kappa shape index (κ2) is 6.87. The molecular weight excluding hydrogens is 306 g/mol. The van der Waals surface area contributed by atoms with Crippen molar-refractivity contribution < 1.29 is 14.4 Å². The lowest BCUT2D eigenvalue weighted by molar-refractivity contribution is 0.124. The quantitative estimate of drug-likeness (QED) is 0.739. The first kappa shape index (κ1) is 15.6. The summed E-state index contributed by atoms with van der Waals surface area (Å²) in [5.74, 6) is 0.704. The fourth-order valence-corrected chi connectivity index (χ4v) is 2.26. The fourth-order valence-electron chi connectivity index (χ4n) is 2.26. The Balaban J connectivity index is 1.75. The van der Waals surface area contributed by atoms with Gasteiger partial charge in [0.05, 0.1) is 19.0 Å². The topological polar surface area (TPSA) is 56.6 Å². The first-order valence-electron chi connectivity index (χ1n) is 7.39. The summed E-state index contributed by atoms with van der Waals surface area (Å²) in [4.78, 5) is 20.0. The van der Waals surface area contributed by atoms with Gasteiger partial charge in [-0.25, -0.2) is 4.79 Å². The molecule has 0 N–H and O–H groups in total. The third-order valence-corrected chi connectivity index (χ3v) is 3.54. The van der Waals surface area contributed by atoms with Crippen LogP contribution < -0.4 is 14.5 Å². The zero-order valence-electron chi connectivity index (χ0n) is 13.4. The average molecular weight is 323 g/mol. The summed E-state index contributed by atoms with van der Waals surface area (Å²) in [5, 5.41) is 4.27. The van der Waals surface area contributed by atoms with Crippen molar-refractivity contribution in [2.24, 2.45) is 0 Å². The molecule has 24 heavy (non-hydrogen) atoms. The summed E-state index contributed by atoms with van der Waals surface area (Å²) >= 11 is 0. The van der Waals surface area contributed by atoms with Crippen LogP contribution in [0.25, 0.3) is 11.3 Å². The number of aromatic nitrogens is 2. The normalized spacial score (nSPS) is 10.2. The van der Waals surface area contributed by atoms with Crippen molar-refractivity contribution in [2.75, 3.05) is 19.1 Å². The van der Waals surface area contributed by atoms with Crippen molar-refractivity contribution >= 4 is 11.8 Å². The number of anilines is 1. The summed E-state index contributed by atoms with van der Waals surface area (Å²) in [6.07, 6.45) is 1.05. The lowest BCUT2D eigenvalue weighted by Gasteiger charge is -2.15. The van der Waals surface area contributed by atoms with E-state index in [4.69, 9.17) is 9.57 Å².